The van der Waals surface area contributed by atoms with Crippen LogP contribution in [0.25, 0.3) is 23.0 Å². The van der Waals surface area contributed by atoms with Crippen LogP contribution in [0.3, 0.4) is 0 Å². The fourth-order valence-corrected chi connectivity index (χ4v) is 4.10. The Bertz CT molecular complexity index is 1170. The van der Waals surface area contributed by atoms with Gasteiger partial charge in [-0.1, -0.05) is 42.5 Å². The lowest BCUT2D eigenvalue weighted by Gasteiger charge is -2.03. The molecule has 0 aliphatic carbocycles. The minimum absolute atomic E-state index is 0.168. The van der Waals surface area contributed by atoms with Crippen LogP contribution < -0.4 is 5.32 Å². The molecule has 0 spiro atoms. The lowest BCUT2D eigenvalue weighted by atomic mass is 10.1. The molecule has 28 heavy (non-hydrogen) atoms. The maximum atomic E-state index is 12.1. The zero-order valence-electron chi connectivity index (χ0n) is 14.6. The molecule has 0 saturated carbocycles. The van der Waals surface area contributed by atoms with E-state index in [2.05, 4.69) is 42.2 Å². The predicted octanol–water partition coefficient (Wildman–Crippen LogP) is 6.18. The Balaban J connectivity index is 1.49. The molecule has 2 aromatic carbocycles. The topological polar surface area (TPSA) is 46.4 Å². The molecule has 0 bridgehead atoms. The van der Waals surface area contributed by atoms with E-state index in [1.165, 1.54) is 6.08 Å². The van der Waals surface area contributed by atoms with Crippen LogP contribution >= 0.6 is 31.9 Å². The second kappa shape index (κ2) is 8.12. The normalized spacial score (nSPS) is 11.2. The summed E-state index contributed by atoms with van der Waals surface area (Å²) >= 11 is 7.02. The largest absolute Gasteiger partial charge is 0.323 e. The summed E-state index contributed by atoms with van der Waals surface area (Å²) in [5.74, 6) is -0.168. The van der Waals surface area contributed by atoms with E-state index in [0.717, 1.165) is 37.1 Å². The lowest BCUT2D eigenvalue weighted by molar-refractivity contribution is -0.111. The van der Waals surface area contributed by atoms with Gasteiger partial charge in [0, 0.05) is 34.2 Å². The van der Waals surface area contributed by atoms with Gasteiger partial charge < -0.3 is 9.72 Å². The number of carbonyl (C=O) groups is 1. The van der Waals surface area contributed by atoms with Crippen LogP contribution in [0.15, 0.2) is 88.1 Å². The summed E-state index contributed by atoms with van der Waals surface area (Å²) in [6.45, 7) is 0. The number of anilines is 1. The number of nitrogens with zero attached hydrogens (tertiary/aromatic N) is 2. The Kier molecular flexibility index (Phi) is 5.41. The second-order valence-electron chi connectivity index (χ2n) is 6.17. The number of aromatic nitrogens is 2. The third kappa shape index (κ3) is 4.24. The molecule has 0 saturated heterocycles. The van der Waals surface area contributed by atoms with Gasteiger partial charge in [-0.3, -0.25) is 4.79 Å². The molecule has 0 unspecified atom stereocenters. The molecular weight excluding hydrogens is 482 g/mol. The van der Waals surface area contributed by atoms with Gasteiger partial charge in [0.25, 0.3) is 0 Å². The molecule has 0 aliphatic heterocycles. The Hall–Kier alpha value is -2.70. The zero-order valence-corrected chi connectivity index (χ0v) is 17.8. The molecule has 1 amide bonds. The zero-order chi connectivity index (χ0) is 19.5. The molecule has 0 atom stereocenters. The van der Waals surface area contributed by atoms with Gasteiger partial charge in [0.2, 0.25) is 5.91 Å². The number of pyridine rings is 1. The number of benzene rings is 2. The predicted molar refractivity (Wildman–Crippen MR) is 120 cm³/mol. The minimum Gasteiger partial charge on any atom is -0.323 e. The first-order chi connectivity index (χ1) is 13.6. The fourth-order valence-electron chi connectivity index (χ4n) is 2.81. The van der Waals surface area contributed by atoms with E-state index in [0.29, 0.717) is 0 Å². The smallest absolute Gasteiger partial charge is 0.248 e. The molecule has 0 aliphatic rings. The van der Waals surface area contributed by atoms with E-state index < -0.39 is 0 Å². The van der Waals surface area contributed by atoms with Crippen molar-refractivity contribution in [3.05, 3.63) is 93.6 Å². The summed E-state index contributed by atoms with van der Waals surface area (Å²) in [7, 11) is 0. The van der Waals surface area contributed by atoms with Crippen molar-refractivity contribution in [1.29, 1.82) is 0 Å². The number of halogens is 2. The number of hydrogen-bond donors (Lipinski definition) is 1. The van der Waals surface area contributed by atoms with Gasteiger partial charge in [-0.05, 0) is 61.7 Å². The van der Waals surface area contributed by atoms with Gasteiger partial charge in [0.05, 0.1) is 10.2 Å². The first-order valence-corrected chi connectivity index (χ1v) is 10.2. The molecular formula is C22H15Br2N3O. The SMILES string of the molecule is O=C(C=Cc1ccccc1)Nc1ccc(-c2cn3cc(Br)cc(Br)c3n2)cc1. The number of carbonyl (C=O) groups excluding carboxylic acids is 1. The highest BCUT2D eigenvalue weighted by molar-refractivity contribution is 9.11. The maximum Gasteiger partial charge on any atom is 0.248 e. The Morgan fingerprint density at radius 3 is 2.50 bits per heavy atom. The van der Waals surface area contributed by atoms with Crippen LogP contribution in [-0.2, 0) is 4.79 Å². The molecule has 138 valence electrons. The molecule has 4 aromatic rings. The molecule has 2 heterocycles. The summed E-state index contributed by atoms with van der Waals surface area (Å²) in [6, 6.07) is 19.3. The summed E-state index contributed by atoms with van der Waals surface area (Å²) < 4.78 is 3.85. The van der Waals surface area contributed by atoms with Crippen molar-refractivity contribution in [1.82, 2.24) is 9.38 Å². The number of nitrogens with one attached hydrogen (secondary N) is 1. The van der Waals surface area contributed by atoms with Crippen molar-refractivity contribution in [2.45, 2.75) is 0 Å². The third-order valence-corrected chi connectivity index (χ3v) is 5.17. The van der Waals surface area contributed by atoms with Gasteiger partial charge in [-0.2, -0.15) is 0 Å². The maximum absolute atomic E-state index is 12.1. The monoisotopic (exact) mass is 495 g/mol. The van der Waals surface area contributed by atoms with E-state index in [1.807, 2.05) is 77.5 Å². The van der Waals surface area contributed by atoms with Crippen LogP contribution in [0.4, 0.5) is 5.69 Å². The number of hydrogen-bond acceptors (Lipinski definition) is 2. The summed E-state index contributed by atoms with van der Waals surface area (Å²) in [5, 5.41) is 2.87. The van der Waals surface area contributed by atoms with Gasteiger partial charge in [-0.25, -0.2) is 4.98 Å². The molecule has 0 radical (unpaired) electrons. The first-order valence-electron chi connectivity index (χ1n) is 8.57. The number of rotatable bonds is 4. The summed E-state index contributed by atoms with van der Waals surface area (Å²) in [5.41, 5.74) is 4.41. The van der Waals surface area contributed by atoms with Crippen molar-refractivity contribution < 1.29 is 4.79 Å². The van der Waals surface area contributed by atoms with Crippen molar-refractivity contribution in [3.63, 3.8) is 0 Å². The average molecular weight is 497 g/mol. The van der Waals surface area contributed by atoms with Crippen molar-refractivity contribution in [2.75, 3.05) is 5.32 Å². The van der Waals surface area contributed by atoms with Crippen LogP contribution in [0.1, 0.15) is 5.56 Å². The summed E-state index contributed by atoms with van der Waals surface area (Å²) in [6.07, 6.45) is 7.25. The van der Waals surface area contributed by atoms with Crippen LogP contribution in [0, 0.1) is 0 Å². The highest BCUT2D eigenvalue weighted by atomic mass is 79.9. The van der Waals surface area contributed by atoms with Gasteiger partial charge >= 0.3 is 0 Å². The second-order valence-corrected chi connectivity index (χ2v) is 7.94. The third-order valence-electron chi connectivity index (χ3n) is 4.15. The van der Waals surface area contributed by atoms with E-state index in [-0.39, 0.29) is 5.91 Å². The summed E-state index contributed by atoms with van der Waals surface area (Å²) in [4.78, 5) is 16.8. The first kappa shape index (κ1) is 18.7. The molecule has 0 fully saturated rings. The van der Waals surface area contributed by atoms with Crippen molar-refractivity contribution >= 4 is 55.2 Å². The van der Waals surface area contributed by atoms with Crippen LogP contribution in [0.2, 0.25) is 0 Å². The number of imidazole rings is 1. The Labute approximate surface area is 179 Å². The Morgan fingerprint density at radius 2 is 1.75 bits per heavy atom. The Morgan fingerprint density at radius 1 is 1.00 bits per heavy atom. The number of fused-ring (bicyclic) bond motifs is 1. The average Bonchev–Trinajstić information content (AvgIpc) is 3.12. The highest BCUT2D eigenvalue weighted by Gasteiger charge is 2.08. The van der Waals surface area contributed by atoms with Crippen molar-refractivity contribution in [2.24, 2.45) is 0 Å². The van der Waals surface area contributed by atoms with E-state index in [9.17, 15) is 4.79 Å². The standard InChI is InChI=1S/C22H15Br2N3O/c23-17-12-19(24)22-26-20(14-27(22)13-17)16-7-9-18(10-8-16)25-21(28)11-6-15-4-2-1-3-5-15/h1-14H,(H,25,28). The lowest BCUT2D eigenvalue weighted by Crippen LogP contribution is -2.07. The highest BCUT2D eigenvalue weighted by Crippen LogP contribution is 2.27. The van der Waals surface area contributed by atoms with Gasteiger partial charge in [-0.15, -0.1) is 0 Å². The molecule has 6 heteroatoms. The molecule has 2 aromatic heterocycles. The van der Waals surface area contributed by atoms with E-state index >= 15 is 0 Å². The number of amides is 1. The molecule has 4 rings (SSSR count). The van der Waals surface area contributed by atoms with E-state index in [4.69, 9.17) is 0 Å². The minimum atomic E-state index is -0.168. The molecule has 1 N–H and O–H groups in total. The van der Waals surface area contributed by atoms with Gasteiger partial charge in [0.15, 0.2) is 5.65 Å². The van der Waals surface area contributed by atoms with Gasteiger partial charge in [0.1, 0.15) is 0 Å². The van der Waals surface area contributed by atoms with Crippen molar-refractivity contribution in [3.8, 4) is 11.3 Å². The quantitative estimate of drug-likeness (QED) is 0.343. The van der Waals surface area contributed by atoms with Crippen LogP contribution in [0.5, 0.6) is 0 Å². The fraction of sp³-hybridized carbons (Fsp3) is 0. The van der Waals surface area contributed by atoms with Crippen LogP contribution in [-0.4, -0.2) is 15.3 Å². The molecule has 4 nitrogen and oxygen atoms in total. The van der Waals surface area contributed by atoms with E-state index in [1.54, 1.807) is 6.08 Å².